The fourth-order valence-electron chi connectivity index (χ4n) is 2.72. The van der Waals surface area contributed by atoms with E-state index in [-0.39, 0.29) is 22.2 Å². The second-order valence-electron chi connectivity index (χ2n) is 6.05. The van der Waals surface area contributed by atoms with E-state index in [9.17, 15) is 19.1 Å². The average Bonchev–Trinajstić information content (AvgIpc) is 3.05. The Hall–Kier alpha value is -3.10. The van der Waals surface area contributed by atoms with E-state index in [2.05, 4.69) is 10.4 Å². The van der Waals surface area contributed by atoms with Gasteiger partial charge in [0.15, 0.2) is 5.69 Å². The van der Waals surface area contributed by atoms with E-state index in [1.807, 2.05) is 0 Å². The average molecular weight is 438 g/mol. The molecule has 10 heteroatoms. The maximum Gasteiger partial charge on any atom is 0.305 e. The van der Waals surface area contributed by atoms with Crippen LogP contribution in [-0.4, -0.2) is 31.9 Å². The fraction of sp³-hybridized carbons (Fsp3) is 0.105. The molecule has 3 N–H and O–H groups in total. The number of carbonyl (C=O) groups is 2. The van der Waals surface area contributed by atoms with Gasteiger partial charge in [0.2, 0.25) is 5.88 Å². The number of benzene rings is 2. The van der Waals surface area contributed by atoms with E-state index >= 15 is 0 Å². The van der Waals surface area contributed by atoms with Crippen LogP contribution in [0, 0.1) is 5.82 Å². The molecule has 0 aliphatic heterocycles. The predicted octanol–water partition coefficient (Wildman–Crippen LogP) is 3.97. The molecule has 0 spiro atoms. The Kier molecular flexibility index (Phi) is 6.05. The summed E-state index contributed by atoms with van der Waals surface area (Å²) in [5.41, 5.74) is 0.143. The number of aromatic hydroxyl groups is 1. The summed E-state index contributed by atoms with van der Waals surface area (Å²) in [4.78, 5) is 23.8. The summed E-state index contributed by atoms with van der Waals surface area (Å²) in [6.45, 7) is 0. The Morgan fingerprint density at radius 2 is 1.90 bits per heavy atom. The lowest BCUT2D eigenvalue weighted by Crippen LogP contribution is -2.31. The van der Waals surface area contributed by atoms with Gasteiger partial charge in [-0.1, -0.05) is 41.4 Å². The van der Waals surface area contributed by atoms with Crippen LogP contribution in [0.25, 0.3) is 5.69 Å². The van der Waals surface area contributed by atoms with Crippen molar-refractivity contribution in [3.8, 4) is 11.6 Å². The number of carboxylic acid groups (broad SMARTS) is 1. The van der Waals surface area contributed by atoms with Gasteiger partial charge < -0.3 is 15.5 Å². The van der Waals surface area contributed by atoms with Crippen molar-refractivity contribution >= 4 is 35.1 Å². The molecule has 7 nitrogen and oxygen atoms in total. The van der Waals surface area contributed by atoms with Crippen LogP contribution in [0.1, 0.15) is 28.5 Å². The van der Waals surface area contributed by atoms with Crippen molar-refractivity contribution in [2.24, 2.45) is 0 Å². The summed E-state index contributed by atoms with van der Waals surface area (Å²) in [5.74, 6) is -3.21. The third-order valence-electron chi connectivity index (χ3n) is 4.02. The zero-order chi connectivity index (χ0) is 21.1. The maximum atomic E-state index is 14.3. The standard InChI is InChI=1S/C19H14Cl2FN3O4/c20-10-3-1-4-11(7-10)25-16(26)8-15(24-25)19(29)23-14(9-17(27)28)12-5-2-6-13(21)18(12)22/h1-8,14,26H,9H2,(H,23,29)(H,27,28). The molecule has 1 amide bonds. The number of nitrogens with zero attached hydrogens (tertiary/aromatic N) is 2. The van der Waals surface area contributed by atoms with Gasteiger partial charge in [0.25, 0.3) is 5.91 Å². The highest BCUT2D eigenvalue weighted by Crippen LogP contribution is 2.26. The van der Waals surface area contributed by atoms with Crippen molar-refractivity contribution in [2.45, 2.75) is 12.5 Å². The Balaban J connectivity index is 1.90. The Bertz CT molecular complexity index is 1090. The number of hydrogen-bond donors (Lipinski definition) is 3. The lowest BCUT2D eigenvalue weighted by molar-refractivity contribution is -0.137. The number of carbonyl (C=O) groups excluding carboxylic acids is 1. The summed E-state index contributed by atoms with van der Waals surface area (Å²) in [7, 11) is 0. The Morgan fingerprint density at radius 3 is 2.59 bits per heavy atom. The van der Waals surface area contributed by atoms with Crippen molar-refractivity contribution in [3.63, 3.8) is 0 Å². The topological polar surface area (TPSA) is 104 Å². The first-order valence-electron chi connectivity index (χ1n) is 8.28. The van der Waals surface area contributed by atoms with Gasteiger partial charge in [-0.25, -0.2) is 9.07 Å². The SMILES string of the molecule is O=C(O)CC(NC(=O)c1cc(O)n(-c2cccc(Cl)c2)n1)c1cccc(Cl)c1F. The third kappa shape index (κ3) is 4.67. The van der Waals surface area contributed by atoms with Gasteiger partial charge in [-0.3, -0.25) is 9.59 Å². The molecule has 0 aliphatic rings. The highest BCUT2D eigenvalue weighted by atomic mass is 35.5. The molecular formula is C19H14Cl2FN3O4. The number of rotatable bonds is 6. The highest BCUT2D eigenvalue weighted by Gasteiger charge is 2.25. The van der Waals surface area contributed by atoms with Gasteiger partial charge in [-0.2, -0.15) is 5.10 Å². The Labute approximate surface area is 174 Å². The monoisotopic (exact) mass is 437 g/mol. The molecule has 1 atom stereocenters. The van der Waals surface area contributed by atoms with E-state index in [0.717, 1.165) is 10.7 Å². The summed E-state index contributed by atoms with van der Waals surface area (Å²) in [5, 5.41) is 25.9. The minimum absolute atomic E-state index is 0.0771. The number of carboxylic acids is 1. The molecule has 29 heavy (non-hydrogen) atoms. The number of hydrogen-bond acceptors (Lipinski definition) is 4. The number of halogens is 3. The smallest absolute Gasteiger partial charge is 0.305 e. The minimum atomic E-state index is -1.25. The first-order chi connectivity index (χ1) is 13.8. The van der Waals surface area contributed by atoms with Crippen LogP contribution < -0.4 is 5.32 Å². The van der Waals surface area contributed by atoms with Gasteiger partial charge >= 0.3 is 5.97 Å². The molecule has 0 radical (unpaired) electrons. The summed E-state index contributed by atoms with van der Waals surface area (Å²) < 4.78 is 15.4. The Morgan fingerprint density at radius 1 is 1.17 bits per heavy atom. The van der Waals surface area contributed by atoms with Gasteiger partial charge in [0, 0.05) is 16.7 Å². The van der Waals surface area contributed by atoms with Crippen LogP contribution >= 0.6 is 23.2 Å². The second kappa shape index (κ2) is 8.50. The second-order valence-corrected chi connectivity index (χ2v) is 6.89. The van der Waals surface area contributed by atoms with E-state index in [1.54, 1.807) is 18.2 Å². The van der Waals surface area contributed by atoms with Crippen molar-refractivity contribution in [1.82, 2.24) is 15.1 Å². The zero-order valence-electron chi connectivity index (χ0n) is 14.6. The normalized spacial score (nSPS) is 11.8. The van der Waals surface area contributed by atoms with E-state index in [4.69, 9.17) is 28.3 Å². The number of aliphatic carboxylic acids is 1. The van der Waals surface area contributed by atoms with Crippen molar-refractivity contribution in [3.05, 3.63) is 75.7 Å². The van der Waals surface area contributed by atoms with Crippen molar-refractivity contribution in [2.75, 3.05) is 0 Å². The number of nitrogens with one attached hydrogen (secondary N) is 1. The van der Waals surface area contributed by atoms with Crippen LogP contribution in [0.2, 0.25) is 10.0 Å². The molecule has 0 saturated heterocycles. The van der Waals surface area contributed by atoms with E-state index < -0.39 is 30.2 Å². The lowest BCUT2D eigenvalue weighted by atomic mass is 10.0. The van der Waals surface area contributed by atoms with Gasteiger partial charge in [-0.05, 0) is 24.3 Å². The summed E-state index contributed by atoms with van der Waals surface area (Å²) in [6.07, 6.45) is -0.579. The van der Waals surface area contributed by atoms with Crippen LogP contribution in [0.5, 0.6) is 5.88 Å². The summed E-state index contributed by atoms with van der Waals surface area (Å²) in [6, 6.07) is 10.4. The maximum absolute atomic E-state index is 14.3. The van der Waals surface area contributed by atoms with Crippen molar-refractivity contribution in [1.29, 1.82) is 0 Å². The van der Waals surface area contributed by atoms with Gasteiger partial charge in [0.05, 0.1) is 23.2 Å². The minimum Gasteiger partial charge on any atom is -0.493 e. The molecule has 1 aromatic heterocycles. The van der Waals surface area contributed by atoms with Crippen LogP contribution in [0.3, 0.4) is 0 Å². The first kappa shape index (κ1) is 20.6. The molecule has 0 saturated carbocycles. The largest absolute Gasteiger partial charge is 0.493 e. The molecule has 3 aromatic rings. The van der Waals surface area contributed by atoms with Gasteiger partial charge in [0.1, 0.15) is 5.82 Å². The summed E-state index contributed by atoms with van der Waals surface area (Å²) >= 11 is 11.7. The van der Waals surface area contributed by atoms with E-state index in [0.29, 0.717) is 10.7 Å². The number of amides is 1. The molecule has 0 fully saturated rings. The van der Waals surface area contributed by atoms with Crippen LogP contribution in [0.4, 0.5) is 4.39 Å². The highest BCUT2D eigenvalue weighted by molar-refractivity contribution is 6.31. The van der Waals surface area contributed by atoms with E-state index in [1.165, 1.54) is 24.3 Å². The van der Waals surface area contributed by atoms with Gasteiger partial charge in [-0.15, -0.1) is 0 Å². The first-order valence-corrected chi connectivity index (χ1v) is 9.03. The van der Waals surface area contributed by atoms with Crippen LogP contribution in [-0.2, 0) is 4.79 Å². The fourth-order valence-corrected chi connectivity index (χ4v) is 3.08. The molecule has 1 unspecified atom stereocenters. The molecule has 0 aliphatic carbocycles. The lowest BCUT2D eigenvalue weighted by Gasteiger charge is -2.18. The molecule has 150 valence electrons. The molecule has 1 heterocycles. The van der Waals surface area contributed by atoms with Crippen LogP contribution in [0.15, 0.2) is 48.5 Å². The molecular weight excluding hydrogens is 424 g/mol. The quantitative estimate of drug-likeness (QED) is 0.541. The predicted molar refractivity (Wildman–Crippen MR) is 104 cm³/mol. The molecule has 3 rings (SSSR count). The molecule has 0 bridgehead atoms. The van der Waals surface area contributed by atoms with Crippen molar-refractivity contribution < 1.29 is 24.2 Å². The zero-order valence-corrected chi connectivity index (χ0v) is 16.2. The number of aromatic nitrogens is 2. The molecule has 2 aromatic carbocycles. The third-order valence-corrected chi connectivity index (χ3v) is 4.54.